The zero-order chi connectivity index (χ0) is 30.5. The molecule has 0 radical (unpaired) electrons. The van der Waals surface area contributed by atoms with Gasteiger partial charge in [0.05, 0.1) is 33.9 Å². The number of fused-ring (bicyclic) bond motifs is 6. The monoisotopic (exact) mass is 598 g/mol. The molecule has 2 fully saturated rings. The summed E-state index contributed by atoms with van der Waals surface area (Å²) in [6.07, 6.45) is 3.67. The lowest BCUT2D eigenvalue weighted by atomic mass is 9.88. The van der Waals surface area contributed by atoms with E-state index in [-0.39, 0.29) is 11.5 Å². The van der Waals surface area contributed by atoms with Gasteiger partial charge in [-0.1, -0.05) is 24.3 Å². The zero-order valence-corrected chi connectivity index (χ0v) is 24.2. The van der Waals surface area contributed by atoms with E-state index in [4.69, 9.17) is 16.6 Å². The highest BCUT2D eigenvalue weighted by atomic mass is 19.1. The molecule has 1 atom stereocenters. The van der Waals surface area contributed by atoms with E-state index in [9.17, 15) is 19.1 Å². The van der Waals surface area contributed by atoms with Gasteiger partial charge in [0.25, 0.3) is 11.8 Å². The summed E-state index contributed by atoms with van der Waals surface area (Å²) in [5.41, 5.74) is 17.9. The molecule has 8 rings (SSSR count). The van der Waals surface area contributed by atoms with Crippen LogP contribution in [0.4, 0.5) is 4.39 Å². The summed E-state index contributed by atoms with van der Waals surface area (Å²) in [7, 11) is 0. The Morgan fingerprint density at radius 1 is 0.841 bits per heavy atom. The summed E-state index contributed by atoms with van der Waals surface area (Å²) in [5, 5.41) is 26.0. The molecule has 12 heteroatoms. The van der Waals surface area contributed by atoms with Crippen molar-refractivity contribution in [1.82, 2.24) is 30.2 Å². The van der Waals surface area contributed by atoms with Crippen LogP contribution in [0.5, 0.6) is 0 Å². The zero-order valence-electron chi connectivity index (χ0n) is 24.2. The maximum Gasteiger partial charge on any atom is 0.250 e. The van der Waals surface area contributed by atoms with Gasteiger partial charge in [0.2, 0.25) is 5.95 Å². The van der Waals surface area contributed by atoms with Gasteiger partial charge in [-0.05, 0) is 81.5 Å². The van der Waals surface area contributed by atoms with Crippen LogP contribution in [0.2, 0.25) is 0 Å². The maximum atomic E-state index is 14.5. The highest BCUT2D eigenvalue weighted by Gasteiger charge is 2.38. The molecule has 228 valence electrons. The van der Waals surface area contributed by atoms with Gasteiger partial charge in [-0.2, -0.15) is 9.49 Å². The van der Waals surface area contributed by atoms with Gasteiger partial charge in [-0.3, -0.25) is 9.59 Å². The highest BCUT2D eigenvalue weighted by Crippen LogP contribution is 2.43. The first-order chi connectivity index (χ1) is 21.3. The number of para-hydroxylation sites is 2. The minimum absolute atomic E-state index is 0.0148. The number of nitrogens with zero attached hydrogens (tertiary/aromatic N) is 4. The number of nitrogens with two attached hydrogens (primary N) is 2. The second-order valence-electron chi connectivity index (χ2n) is 11.9. The Bertz CT molecular complexity index is 1770. The van der Waals surface area contributed by atoms with Crippen molar-refractivity contribution in [1.29, 1.82) is 0 Å². The molecule has 0 spiro atoms. The molecule has 6 heterocycles. The molecule has 4 aliphatic heterocycles. The predicted octanol–water partition coefficient (Wildman–Crippen LogP) is 2.31. The summed E-state index contributed by atoms with van der Waals surface area (Å²) >= 11 is 0. The number of hydrogen-bond acceptors (Lipinski definition) is 7. The van der Waals surface area contributed by atoms with Crippen LogP contribution in [0.3, 0.4) is 0 Å². The fourth-order valence-corrected chi connectivity index (χ4v) is 7.16. The van der Waals surface area contributed by atoms with Crippen molar-refractivity contribution in [2.75, 3.05) is 26.2 Å². The summed E-state index contributed by atoms with van der Waals surface area (Å²) in [4.78, 5) is 23.3. The van der Waals surface area contributed by atoms with E-state index in [1.165, 1.54) is 4.68 Å². The average molecular weight is 599 g/mol. The largest absolute Gasteiger partial charge is 0.382 e. The van der Waals surface area contributed by atoms with Gasteiger partial charge in [0.15, 0.2) is 0 Å². The molecule has 0 aliphatic carbocycles. The second kappa shape index (κ2) is 11.3. The van der Waals surface area contributed by atoms with Gasteiger partial charge in [-0.25, -0.2) is 9.36 Å². The Morgan fingerprint density at radius 2 is 1.45 bits per heavy atom. The standard InChI is InChI=1S/C16H17FN4O2.C16H18N4O/c17-15-11(8-4-6-19-7-5-8)13-14(22)9-2-1-3-10(16(18)23)12(9)21(13)20-15;17-16(21)13-3-1-2-11-8-12-9-14(19-20(12)15(11)13)10-4-6-18-7-5-10/h1-3,8,14,19,22H,4-7H2,(H2,18,23);1-3,9-10,18H,4-8H2,(H2,17,21). The topological polar surface area (TPSA) is 166 Å². The fraction of sp³-hybridized carbons (Fsp3) is 0.375. The van der Waals surface area contributed by atoms with Crippen LogP contribution >= 0.6 is 0 Å². The van der Waals surface area contributed by atoms with Crippen molar-refractivity contribution >= 4 is 11.8 Å². The third kappa shape index (κ3) is 4.70. The third-order valence-corrected chi connectivity index (χ3v) is 9.29. The Balaban J connectivity index is 0.000000143. The first kappa shape index (κ1) is 28.4. The van der Waals surface area contributed by atoms with E-state index in [0.29, 0.717) is 34.0 Å². The molecule has 4 aromatic rings. The van der Waals surface area contributed by atoms with E-state index in [1.54, 1.807) is 24.3 Å². The van der Waals surface area contributed by atoms with Gasteiger partial charge >= 0.3 is 0 Å². The number of rotatable bonds is 4. The van der Waals surface area contributed by atoms with Crippen LogP contribution in [0.1, 0.15) is 98.1 Å². The SMILES string of the molecule is NC(=O)c1cccc2c1-n1nc(C3CCNCC3)cc1C2.NC(=O)c1cccc2c1-n1nc(F)c(C3CCNCC3)c1C2O. The molecule has 7 N–H and O–H groups in total. The number of aromatic nitrogens is 4. The van der Waals surface area contributed by atoms with Gasteiger partial charge in [0.1, 0.15) is 6.10 Å². The molecule has 0 saturated carbocycles. The number of hydrogen-bond donors (Lipinski definition) is 5. The summed E-state index contributed by atoms with van der Waals surface area (Å²) in [6.45, 7) is 3.72. The fourth-order valence-electron chi connectivity index (χ4n) is 7.16. The molecule has 2 amide bonds. The summed E-state index contributed by atoms with van der Waals surface area (Å²) in [6, 6.07) is 12.8. The van der Waals surface area contributed by atoms with Gasteiger partial charge in [0, 0.05) is 29.2 Å². The smallest absolute Gasteiger partial charge is 0.250 e. The molecule has 0 bridgehead atoms. The number of piperidine rings is 2. The third-order valence-electron chi connectivity index (χ3n) is 9.29. The molecule has 1 unspecified atom stereocenters. The lowest BCUT2D eigenvalue weighted by molar-refractivity contribution is 0.0991. The molecular weight excluding hydrogens is 563 g/mol. The van der Waals surface area contributed by atoms with Crippen molar-refractivity contribution in [3.05, 3.63) is 93.3 Å². The number of halogens is 1. The number of nitrogens with one attached hydrogen (secondary N) is 2. The van der Waals surface area contributed by atoms with E-state index >= 15 is 0 Å². The number of aliphatic hydroxyl groups excluding tert-OH is 1. The van der Waals surface area contributed by atoms with E-state index in [1.807, 2.05) is 16.8 Å². The number of carbonyl (C=O) groups is 2. The molecule has 2 aromatic carbocycles. The number of aliphatic hydroxyl groups is 1. The van der Waals surface area contributed by atoms with E-state index in [0.717, 1.165) is 80.9 Å². The van der Waals surface area contributed by atoms with Gasteiger partial charge in [-0.15, -0.1) is 5.10 Å². The molecule has 11 nitrogen and oxygen atoms in total. The van der Waals surface area contributed by atoms with Crippen molar-refractivity contribution in [2.45, 2.75) is 50.0 Å². The summed E-state index contributed by atoms with van der Waals surface area (Å²) < 4.78 is 17.8. The lowest BCUT2D eigenvalue weighted by Gasteiger charge is -2.23. The molecular formula is C32H35FN8O3. The molecule has 2 saturated heterocycles. The average Bonchev–Trinajstić information content (AvgIpc) is 3.77. The summed E-state index contributed by atoms with van der Waals surface area (Å²) in [5.74, 6) is -1.05. The van der Waals surface area contributed by atoms with Crippen molar-refractivity contribution in [3.8, 4) is 11.4 Å². The van der Waals surface area contributed by atoms with Crippen molar-refractivity contribution in [3.63, 3.8) is 0 Å². The van der Waals surface area contributed by atoms with E-state index < -0.39 is 23.9 Å². The number of primary amides is 2. The first-order valence-corrected chi connectivity index (χ1v) is 15.1. The normalized spacial score (nSPS) is 19.0. The predicted molar refractivity (Wildman–Crippen MR) is 161 cm³/mol. The molecule has 44 heavy (non-hydrogen) atoms. The van der Waals surface area contributed by atoms with Gasteiger partial charge < -0.3 is 27.2 Å². The minimum atomic E-state index is -0.994. The quantitative estimate of drug-likeness (QED) is 0.212. The maximum absolute atomic E-state index is 14.5. The number of carbonyl (C=O) groups excluding carboxylic acids is 2. The van der Waals surface area contributed by atoms with Crippen molar-refractivity contribution in [2.24, 2.45) is 11.5 Å². The number of amides is 2. The van der Waals surface area contributed by atoms with Crippen LogP contribution in [-0.2, 0) is 6.42 Å². The van der Waals surface area contributed by atoms with Crippen LogP contribution in [-0.4, -0.2) is 62.7 Å². The Kier molecular flexibility index (Phi) is 7.27. The Morgan fingerprint density at radius 3 is 2.11 bits per heavy atom. The second-order valence-corrected chi connectivity index (χ2v) is 11.9. The van der Waals surface area contributed by atoms with Crippen molar-refractivity contribution < 1.29 is 19.1 Å². The highest BCUT2D eigenvalue weighted by molar-refractivity contribution is 5.98. The Hall–Kier alpha value is -4.39. The lowest BCUT2D eigenvalue weighted by Crippen LogP contribution is -2.27. The van der Waals surface area contributed by atoms with E-state index in [2.05, 4.69) is 21.8 Å². The van der Waals surface area contributed by atoms with Crippen LogP contribution < -0.4 is 22.1 Å². The Labute approximate surface area is 253 Å². The molecule has 2 aromatic heterocycles. The molecule has 4 aliphatic rings. The van der Waals surface area contributed by atoms with Crippen LogP contribution in [0.15, 0.2) is 42.5 Å². The number of benzene rings is 2. The van der Waals surface area contributed by atoms with Crippen LogP contribution in [0, 0.1) is 5.95 Å². The first-order valence-electron chi connectivity index (χ1n) is 15.1. The minimum Gasteiger partial charge on any atom is -0.382 e. The van der Waals surface area contributed by atoms with Crippen LogP contribution in [0.25, 0.3) is 11.4 Å².